The number of ether oxygens (including phenoxy) is 1. The fourth-order valence-corrected chi connectivity index (χ4v) is 4.44. The second-order valence-electron chi connectivity index (χ2n) is 8.35. The number of hydrogen-bond donors (Lipinski definition) is 2. The van der Waals surface area contributed by atoms with Crippen LogP contribution in [0.3, 0.4) is 0 Å². The normalized spacial score (nSPS) is 16.8. The number of aliphatic hydroxyl groups is 1. The second-order valence-corrected chi connectivity index (χ2v) is 8.75. The molecule has 36 heavy (non-hydrogen) atoms. The first-order chi connectivity index (χ1) is 17.2. The van der Waals surface area contributed by atoms with Gasteiger partial charge in [0.15, 0.2) is 0 Å². The molecule has 3 aromatic rings. The Labute approximate surface area is 214 Å². The first kappa shape index (κ1) is 25.0. The monoisotopic (exact) mass is 504 g/mol. The van der Waals surface area contributed by atoms with Crippen LogP contribution in [-0.2, 0) is 20.8 Å². The molecule has 1 aliphatic rings. The van der Waals surface area contributed by atoms with E-state index in [-0.39, 0.29) is 22.8 Å². The maximum absolute atomic E-state index is 13.4. The summed E-state index contributed by atoms with van der Waals surface area (Å²) >= 11 is 6.14. The minimum atomic E-state index is -0.898. The number of Topliss-reactive ketones (excluding diaryl/α,β-unsaturated/α-hetero) is 1. The van der Waals surface area contributed by atoms with Gasteiger partial charge in [-0.3, -0.25) is 19.3 Å². The highest BCUT2D eigenvalue weighted by atomic mass is 35.5. The van der Waals surface area contributed by atoms with E-state index >= 15 is 0 Å². The minimum absolute atomic E-state index is 0.0569. The Morgan fingerprint density at radius 1 is 1.08 bits per heavy atom. The van der Waals surface area contributed by atoms with Crippen LogP contribution in [-0.4, -0.2) is 29.8 Å². The highest BCUT2D eigenvalue weighted by molar-refractivity contribution is 6.51. The highest BCUT2D eigenvalue weighted by Crippen LogP contribution is 2.43. The fourth-order valence-electron chi connectivity index (χ4n) is 4.25. The van der Waals surface area contributed by atoms with E-state index in [2.05, 4.69) is 5.32 Å². The molecule has 0 radical (unpaired) electrons. The Balaban J connectivity index is 1.92. The van der Waals surface area contributed by atoms with Crippen molar-refractivity contribution in [1.29, 1.82) is 0 Å². The second kappa shape index (κ2) is 10.3. The van der Waals surface area contributed by atoms with E-state index < -0.39 is 17.7 Å². The number of ketones is 1. The molecule has 0 bridgehead atoms. The summed E-state index contributed by atoms with van der Waals surface area (Å²) in [5.41, 5.74) is 2.85. The summed E-state index contributed by atoms with van der Waals surface area (Å²) in [6.07, 6.45) is 0.823. The Morgan fingerprint density at radius 2 is 1.81 bits per heavy atom. The van der Waals surface area contributed by atoms with Crippen LogP contribution in [0.1, 0.15) is 36.6 Å². The smallest absolute Gasteiger partial charge is 0.300 e. The van der Waals surface area contributed by atoms with Crippen molar-refractivity contribution >= 4 is 46.3 Å². The van der Waals surface area contributed by atoms with E-state index in [1.54, 1.807) is 36.4 Å². The predicted octanol–water partition coefficient (Wildman–Crippen LogP) is 5.50. The summed E-state index contributed by atoms with van der Waals surface area (Å²) in [5.74, 6) is -1.90. The maximum atomic E-state index is 13.4. The number of halogens is 1. The van der Waals surface area contributed by atoms with E-state index in [0.717, 1.165) is 12.0 Å². The number of methoxy groups -OCH3 is 1. The summed E-state index contributed by atoms with van der Waals surface area (Å²) in [4.78, 5) is 39.6. The molecule has 1 atom stereocenters. The molecule has 1 fully saturated rings. The lowest BCUT2D eigenvalue weighted by Crippen LogP contribution is -2.29. The third kappa shape index (κ3) is 4.70. The van der Waals surface area contributed by atoms with E-state index in [4.69, 9.17) is 16.3 Å². The van der Waals surface area contributed by atoms with Crippen LogP contribution >= 0.6 is 11.6 Å². The Hall–Kier alpha value is -4.10. The lowest BCUT2D eigenvalue weighted by Gasteiger charge is -2.26. The number of benzene rings is 3. The van der Waals surface area contributed by atoms with Gasteiger partial charge in [-0.1, -0.05) is 48.9 Å². The average molecular weight is 505 g/mol. The summed E-state index contributed by atoms with van der Waals surface area (Å²) in [7, 11) is 1.45. The first-order valence-corrected chi connectivity index (χ1v) is 11.7. The molecule has 1 unspecified atom stereocenters. The van der Waals surface area contributed by atoms with Gasteiger partial charge in [-0.05, 0) is 53.9 Å². The van der Waals surface area contributed by atoms with Crippen LogP contribution in [0.2, 0.25) is 5.02 Å². The Morgan fingerprint density at radius 3 is 2.44 bits per heavy atom. The SMILES string of the molecule is CCc1ccc(C2/C(=C(\O)c3ccc(Cl)c(OC)c3)C(=O)C(=O)N2c2cccc(NC(C)=O)c2)cc1. The van der Waals surface area contributed by atoms with Crippen LogP contribution in [0.15, 0.2) is 72.3 Å². The topological polar surface area (TPSA) is 95.9 Å². The van der Waals surface area contributed by atoms with Gasteiger partial charge >= 0.3 is 0 Å². The van der Waals surface area contributed by atoms with E-state index in [1.807, 2.05) is 31.2 Å². The third-order valence-electron chi connectivity index (χ3n) is 6.02. The van der Waals surface area contributed by atoms with Crippen LogP contribution in [0.4, 0.5) is 11.4 Å². The van der Waals surface area contributed by atoms with Gasteiger partial charge in [0.1, 0.15) is 11.5 Å². The van der Waals surface area contributed by atoms with E-state index in [1.165, 1.54) is 25.0 Å². The van der Waals surface area contributed by atoms with Gasteiger partial charge in [0.05, 0.1) is 23.7 Å². The number of nitrogens with zero attached hydrogens (tertiary/aromatic N) is 1. The molecule has 1 aliphatic heterocycles. The van der Waals surface area contributed by atoms with Crippen LogP contribution in [0.5, 0.6) is 5.75 Å². The molecule has 4 rings (SSSR count). The molecule has 1 heterocycles. The third-order valence-corrected chi connectivity index (χ3v) is 6.33. The lowest BCUT2D eigenvalue weighted by atomic mass is 9.94. The molecule has 8 heteroatoms. The van der Waals surface area contributed by atoms with Crippen LogP contribution < -0.4 is 15.0 Å². The number of aryl methyl sites for hydroxylation is 1. The van der Waals surface area contributed by atoms with Crippen molar-refractivity contribution in [2.75, 3.05) is 17.3 Å². The van der Waals surface area contributed by atoms with Crippen molar-refractivity contribution in [1.82, 2.24) is 0 Å². The van der Waals surface area contributed by atoms with Gasteiger partial charge in [-0.2, -0.15) is 0 Å². The summed E-state index contributed by atoms with van der Waals surface area (Å²) in [6.45, 7) is 3.41. The fraction of sp³-hybridized carbons (Fsp3) is 0.179. The molecular weight excluding hydrogens is 480 g/mol. The maximum Gasteiger partial charge on any atom is 0.300 e. The average Bonchev–Trinajstić information content (AvgIpc) is 3.14. The zero-order valence-corrected chi connectivity index (χ0v) is 20.8. The number of carbonyl (C=O) groups is 3. The molecule has 0 aliphatic carbocycles. The number of hydrogen-bond acceptors (Lipinski definition) is 5. The summed E-state index contributed by atoms with van der Waals surface area (Å²) in [6, 6.07) is 17.9. The van der Waals surface area contributed by atoms with Crippen molar-refractivity contribution in [2.24, 2.45) is 0 Å². The predicted molar refractivity (Wildman–Crippen MR) is 139 cm³/mol. The van der Waals surface area contributed by atoms with Gasteiger partial charge in [0.2, 0.25) is 5.91 Å². The zero-order valence-electron chi connectivity index (χ0n) is 20.0. The molecule has 184 valence electrons. The van der Waals surface area contributed by atoms with Gasteiger partial charge in [-0.25, -0.2) is 0 Å². The number of rotatable bonds is 6. The van der Waals surface area contributed by atoms with E-state index in [9.17, 15) is 19.5 Å². The highest BCUT2D eigenvalue weighted by Gasteiger charge is 2.47. The number of nitrogens with one attached hydrogen (secondary N) is 1. The molecule has 0 spiro atoms. The molecule has 1 saturated heterocycles. The quantitative estimate of drug-likeness (QED) is 0.263. The summed E-state index contributed by atoms with van der Waals surface area (Å²) < 4.78 is 5.26. The van der Waals surface area contributed by atoms with Gasteiger partial charge < -0.3 is 15.2 Å². The standard InChI is InChI=1S/C28H25ClN2O5/c1-4-17-8-10-18(11-9-17)25-24(26(33)19-12-13-22(29)23(14-19)36-3)27(34)28(35)31(25)21-7-5-6-20(15-21)30-16(2)32/h5-15,25,33H,4H2,1-3H3,(H,30,32)/b26-24+. The number of amides is 2. The minimum Gasteiger partial charge on any atom is -0.507 e. The molecule has 2 N–H and O–H groups in total. The molecule has 2 amide bonds. The largest absolute Gasteiger partial charge is 0.507 e. The van der Waals surface area contributed by atoms with Crippen molar-refractivity contribution in [3.8, 4) is 5.75 Å². The Kier molecular flexibility index (Phi) is 7.12. The number of aliphatic hydroxyl groups excluding tert-OH is 1. The Bertz CT molecular complexity index is 1380. The molecule has 0 aromatic heterocycles. The zero-order chi connectivity index (χ0) is 26.0. The summed E-state index contributed by atoms with van der Waals surface area (Å²) in [5, 5.41) is 14.4. The lowest BCUT2D eigenvalue weighted by molar-refractivity contribution is -0.132. The molecule has 7 nitrogen and oxygen atoms in total. The van der Waals surface area contributed by atoms with E-state index in [0.29, 0.717) is 27.7 Å². The van der Waals surface area contributed by atoms with Crippen molar-refractivity contribution in [3.63, 3.8) is 0 Å². The molecule has 0 saturated carbocycles. The van der Waals surface area contributed by atoms with Gasteiger partial charge in [0, 0.05) is 23.9 Å². The van der Waals surface area contributed by atoms with Crippen molar-refractivity contribution in [3.05, 3.63) is 94.0 Å². The molecular formula is C28H25ClN2O5. The van der Waals surface area contributed by atoms with Crippen molar-refractivity contribution < 1.29 is 24.2 Å². The first-order valence-electron chi connectivity index (χ1n) is 11.4. The molecule has 3 aromatic carbocycles. The van der Waals surface area contributed by atoms with Gasteiger partial charge in [0.25, 0.3) is 11.7 Å². The number of carbonyl (C=O) groups excluding carboxylic acids is 3. The van der Waals surface area contributed by atoms with Crippen LogP contribution in [0.25, 0.3) is 5.76 Å². The number of anilines is 2. The van der Waals surface area contributed by atoms with Gasteiger partial charge in [-0.15, -0.1) is 0 Å². The van der Waals surface area contributed by atoms with Crippen LogP contribution in [0, 0.1) is 0 Å². The van der Waals surface area contributed by atoms with Crippen molar-refractivity contribution in [2.45, 2.75) is 26.3 Å².